The molecule has 3 nitrogen and oxygen atoms in total. The zero-order valence-corrected chi connectivity index (χ0v) is 15.9. The topological polar surface area (TPSA) is 35.5 Å². The molecular formula is C23H21ClO3. The highest BCUT2D eigenvalue weighted by atomic mass is 35.5. The van der Waals surface area contributed by atoms with Crippen molar-refractivity contribution in [3.8, 4) is 16.9 Å². The van der Waals surface area contributed by atoms with Crippen molar-refractivity contribution < 1.29 is 14.3 Å². The van der Waals surface area contributed by atoms with Crippen LogP contribution in [0.3, 0.4) is 0 Å². The Balaban J connectivity index is 1.63. The summed E-state index contributed by atoms with van der Waals surface area (Å²) in [6.45, 7) is 0.390. The van der Waals surface area contributed by atoms with Crippen LogP contribution >= 0.6 is 11.6 Å². The molecule has 27 heavy (non-hydrogen) atoms. The lowest BCUT2D eigenvalue weighted by Crippen LogP contribution is -2.02. The Morgan fingerprint density at radius 1 is 0.926 bits per heavy atom. The van der Waals surface area contributed by atoms with Gasteiger partial charge in [-0.25, -0.2) is 0 Å². The van der Waals surface area contributed by atoms with Crippen molar-refractivity contribution in [1.82, 2.24) is 0 Å². The SMILES string of the molecule is COC(=O)CCc1ccc(OCc2cc(-c3ccccc3)ccc2Cl)cc1. The summed E-state index contributed by atoms with van der Waals surface area (Å²) in [6.07, 6.45) is 1.02. The van der Waals surface area contributed by atoms with Crippen molar-refractivity contribution in [3.63, 3.8) is 0 Å². The second-order valence-electron chi connectivity index (χ2n) is 6.18. The molecule has 0 saturated carbocycles. The number of hydrogen-bond acceptors (Lipinski definition) is 3. The quantitative estimate of drug-likeness (QED) is 0.494. The Morgan fingerprint density at radius 2 is 1.67 bits per heavy atom. The van der Waals surface area contributed by atoms with Gasteiger partial charge in [0.25, 0.3) is 0 Å². The first kappa shape index (κ1) is 19.0. The third-order valence-electron chi connectivity index (χ3n) is 4.32. The predicted molar refractivity (Wildman–Crippen MR) is 108 cm³/mol. The molecule has 0 aliphatic carbocycles. The molecule has 0 amide bonds. The van der Waals surface area contributed by atoms with E-state index in [2.05, 4.69) is 22.9 Å². The van der Waals surface area contributed by atoms with Crippen molar-refractivity contribution in [2.45, 2.75) is 19.4 Å². The van der Waals surface area contributed by atoms with Gasteiger partial charge < -0.3 is 9.47 Å². The summed E-state index contributed by atoms with van der Waals surface area (Å²) in [5.74, 6) is 0.557. The molecule has 138 valence electrons. The minimum absolute atomic E-state index is 0.205. The lowest BCUT2D eigenvalue weighted by molar-refractivity contribution is -0.140. The van der Waals surface area contributed by atoms with E-state index < -0.39 is 0 Å². The van der Waals surface area contributed by atoms with Crippen molar-refractivity contribution in [1.29, 1.82) is 0 Å². The van der Waals surface area contributed by atoms with Gasteiger partial charge in [0.2, 0.25) is 0 Å². The molecule has 0 aliphatic rings. The summed E-state index contributed by atoms with van der Waals surface area (Å²) in [5, 5.41) is 0.685. The van der Waals surface area contributed by atoms with Gasteiger partial charge in [0.1, 0.15) is 12.4 Å². The zero-order chi connectivity index (χ0) is 19.1. The lowest BCUT2D eigenvalue weighted by atomic mass is 10.0. The Bertz CT molecular complexity index is 889. The average molecular weight is 381 g/mol. The zero-order valence-electron chi connectivity index (χ0n) is 15.2. The van der Waals surface area contributed by atoms with Crippen LogP contribution in [0.2, 0.25) is 5.02 Å². The molecule has 0 bridgehead atoms. The highest BCUT2D eigenvalue weighted by Gasteiger charge is 2.06. The van der Waals surface area contributed by atoms with Crippen LogP contribution in [-0.4, -0.2) is 13.1 Å². The Kier molecular flexibility index (Phi) is 6.50. The first-order valence-corrected chi connectivity index (χ1v) is 9.16. The number of hydrogen-bond donors (Lipinski definition) is 0. The molecular weight excluding hydrogens is 360 g/mol. The van der Waals surface area contributed by atoms with E-state index in [1.165, 1.54) is 7.11 Å². The fraction of sp³-hybridized carbons (Fsp3) is 0.174. The minimum Gasteiger partial charge on any atom is -0.489 e. The van der Waals surface area contributed by atoms with Gasteiger partial charge >= 0.3 is 5.97 Å². The maximum absolute atomic E-state index is 11.2. The van der Waals surface area contributed by atoms with E-state index in [-0.39, 0.29) is 5.97 Å². The number of carbonyl (C=O) groups excluding carboxylic acids is 1. The lowest BCUT2D eigenvalue weighted by Gasteiger charge is -2.11. The average Bonchev–Trinajstić information content (AvgIpc) is 2.72. The Morgan fingerprint density at radius 3 is 2.37 bits per heavy atom. The normalized spacial score (nSPS) is 10.4. The summed E-state index contributed by atoms with van der Waals surface area (Å²) < 4.78 is 10.5. The fourth-order valence-corrected chi connectivity index (χ4v) is 2.93. The van der Waals surface area contributed by atoms with E-state index in [9.17, 15) is 4.79 Å². The summed E-state index contributed by atoms with van der Waals surface area (Å²) in [5.41, 5.74) is 4.26. The van der Waals surface area contributed by atoms with Gasteiger partial charge in [-0.1, -0.05) is 60.1 Å². The molecule has 0 aromatic heterocycles. The molecule has 3 aromatic rings. The van der Waals surface area contributed by atoms with Crippen LogP contribution in [0.1, 0.15) is 17.5 Å². The number of esters is 1. The molecule has 0 aliphatic heterocycles. The third kappa shape index (κ3) is 5.35. The Hall–Kier alpha value is -2.78. The van der Waals surface area contributed by atoms with Crippen LogP contribution in [0.5, 0.6) is 5.75 Å². The second kappa shape index (κ2) is 9.24. The van der Waals surface area contributed by atoms with Crippen molar-refractivity contribution in [2.75, 3.05) is 7.11 Å². The van der Waals surface area contributed by atoms with E-state index in [0.717, 1.165) is 28.0 Å². The predicted octanol–water partition coefficient (Wildman–Crippen LogP) is 5.69. The van der Waals surface area contributed by atoms with E-state index in [0.29, 0.717) is 24.5 Å². The molecule has 0 unspecified atom stereocenters. The van der Waals surface area contributed by atoms with Crippen molar-refractivity contribution in [3.05, 3.63) is 88.9 Å². The molecule has 4 heteroatoms. The number of rotatable bonds is 7. The van der Waals surface area contributed by atoms with Gasteiger partial charge in [-0.3, -0.25) is 4.79 Å². The van der Waals surface area contributed by atoms with Gasteiger partial charge in [0, 0.05) is 17.0 Å². The first-order valence-electron chi connectivity index (χ1n) is 8.78. The van der Waals surface area contributed by atoms with Gasteiger partial charge in [-0.2, -0.15) is 0 Å². The summed E-state index contributed by atoms with van der Waals surface area (Å²) in [4.78, 5) is 11.2. The van der Waals surface area contributed by atoms with E-state index in [4.69, 9.17) is 16.3 Å². The smallest absolute Gasteiger partial charge is 0.305 e. The first-order chi connectivity index (χ1) is 13.2. The molecule has 0 heterocycles. The van der Waals surface area contributed by atoms with Crippen LogP contribution < -0.4 is 4.74 Å². The van der Waals surface area contributed by atoms with Gasteiger partial charge in [-0.05, 0) is 47.4 Å². The van der Waals surface area contributed by atoms with Crippen molar-refractivity contribution in [2.24, 2.45) is 0 Å². The minimum atomic E-state index is -0.205. The van der Waals surface area contributed by atoms with Gasteiger partial charge in [0.15, 0.2) is 0 Å². The number of carbonyl (C=O) groups is 1. The van der Waals surface area contributed by atoms with Crippen molar-refractivity contribution >= 4 is 17.6 Å². The third-order valence-corrected chi connectivity index (χ3v) is 4.68. The fourth-order valence-electron chi connectivity index (χ4n) is 2.76. The van der Waals surface area contributed by atoms with Crippen LogP contribution in [0.15, 0.2) is 72.8 Å². The number of aryl methyl sites for hydroxylation is 1. The van der Waals surface area contributed by atoms with Crippen LogP contribution in [0.25, 0.3) is 11.1 Å². The van der Waals surface area contributed by atoms with Crippen LogP contribution in [0, 0.1) is 0 Å². The number of ether oxygens (including phenoxy) is 2. The summed E-state index contributed by atoms with van der Waals surface area (Å²) in [6, 6.07) is 23.9. The molecule has 0 atom stereocenters. The van der Waals surface area contributed by atoms with Gasteiger partial charge in [0.05, 0.1) is 7.11 Å². The maximum Gasteiger partial charge on any atom is 0.305 e. The van der Waals surface area contributed by atoms with Crippen LogP contribution in [-0.2, 0) is 22.6 Å². The standard InChI is InChI=1S/C23H21ClO3/c1-26-23(25)14-9-17-7-11-21(12-8-17)27-16-20-15-19(10-13-22(20)24)18-5-3-2-4-6-18/h2-8,10-13,15H,9,14,16H2,1H3. The van der Waals surface area contributed by atoms with E-state index in [1.54, 1.807) is 0 Å². The molecule has 0 saturated heterocycles. The molecule has 0 N–H and O–H groups in total. The summed E-state index contributed by atoms with van der Waals surface area (Å²) >= 11 is 6.34. The maximum atomic E-state index is 11.2. The van der Waals surface area contributed by atoms with E-state index in [1.807, 2.05) is 54.6 Å². The summed E-state index contributed by atoms with van der Waals surface area (Å²) in [7, 11) is 1.40. The highest BCUT2D eigenvalue weighted by molar-refractivity contribution is 6.31. The number of halogens is 1. The molecule has 0 radical (unpaired) electrons. The van der Waals surface area contributed by atoms with E-state index >= 15 is 0 Å². The number of methoxy groups -OCH3 is 1. The highest BCUT2D eigenvalue weighted by Crippen LogP contribution is 2.26. The monoisotopic (exact) mass is 380 g/mol. The Labute approximate surface area is 164 Å². The van der Waals surface area contributed by atoms with Crippen LogP contribution in [0.4, 0.5) is 0 Å². The largest absolute Gasteiger partial charge is 0.489 e. The van der Waals surface area contributed by atoms with Gasteiger partial charge in [-0.15, -0.1) is 0 Å². The molecule has 0 fully saturated rings. The number of benzene rings is 3. The second-order valence-corrected chi connectivity index (χ2v) is 6.59. The molecule has 0 spiro atoms. The molecule has 3 aromatic carbocycles. The molecule has 3 rings (SSSR count).